The van der Waals surface area contributed by atoms with Crippen molar-refractivity contribution in [2.75, 3.05) is 5.32 Å². The second-order valence-electron chi connectivity index (χ2n) is 11.4. The van der Waals surface area contributed by atoms with Gasteiger partial charge in [-0.2, -0.15) is 0 Å². The molecule has 1 aliphatic carbocycles. The minimum absolute atomic E-state index is 0.402. The summed E-state index contributed by atoms with van der Waals surface area (Å²) in [4.78, 5) is 0. The van der Waals surface area contributed by atoms with Crippen LogP contribution in [0.2, 0.25) is 0 Å². The van der Waals surface area contributed by atoms with Crippen LogP contribution in [-0.2, 0) is 5.41 Å². The zero-order chi connectivity index (χ0) is 29.3. The highest BCUT2D eigenvalue weighted by molar-refractivity contribution is 5.88. The minimum atomic E-state index is -0.402. The van der Waals surface area contributed by atoms with Crippen LogP contribution >= 0.6 is 0 Å². The lowest BCUT2D eigenvalue weighted by Gasteiger charge is -2.34. The van der Waals surface area contributed by atoms with Gasteiger partial charge in [-0.1, -0.05) is 152 Å². The molecule has 7 aromatic carbocycles. The highest BCUT2D eigenvalue weighted by Gasteiger charge is 2.45. The van der Waals surface area contributed by atoms with Crippen LogP contribution in [0.15, 0.2) is 182 Å². The number of hydrogen-bond donors (Lipinski definition) is 1. The van der Waals surface area contributed by atoms with Crippen LogP contribution < -0.4 is 5.32 Å². The summed E-state index contributed by atoms with van der Waals surface area (Å²) < 4.78 is 0. The molecule has 0 atom stereocenters. The van der Waals surface area contributed by atoms with Gasteiger partial charge in [0.25, 0.3) is 0 Å². The third kappa shape index (κ3) is 4.33. The molecule has 0 unspecified atom stereocenters. The monoisotopic (exact) mass is 561 g/mol. The van der Waals surface area contributed by atoms with Gasteiger partial charge in [0.05, 0.1) is 5.41 Å². The van der Waals surface area contributed by atoms with Crippen LogP contribution in [0.3, 0.4) is 0 Å². The summed E-state index contributed by atoms with van der Waals surface area (Å²) in [5, 5.41) is 3.63. The fourth-order valence-corrected chi connectivity index (χ4v) is 6.94. The Hall–Kier alpha value is -5.66. The van der Waals surface area contributed by atoms with E-state index in [-0.39, 0.29) is 0 Å². The quantitative estimate of drug-likeness (QED) is 0.213. The Balaban J connectivity index is 1.21. The number of nitrogens with one attached hydrogen (secondary N) is 1. The first kappa shape index (κ1) is 26.0. The van der Waals surface area contributed by atoms with Gasteiger partial charge >= 0.3 is 0 Å². The van der Waals surface area contributed by atoms with Crippen LogP contribution in [0, 0.1) is 0 Å². The van der Waals surface area contributed by atoms with Crippen molar-refractivity contribution in [2.45, 2.75) is 5.41 Å². The van der Waals surface area contributed by atoms with Gasteiger partial charge in [0.15, 0.2) is 0 Å². The molecular formula is C43H31N. The van der Waals surface area contributed by atoms with Crippen molar-refractivity contribution in [3.63, 3.8) is 0 Å². The average molecular weight is 562 g/mol. The molecule has 8 rings (SSSR count). The van der Waals surface area contributed by atoms with Crippen molar-refractivity contribution in [3.8, 4) is 33.4 Å². The van der Waals surface area contributed by atoms with E-state index in [0.717, 1.165) is 11.4 Å². The number of fused-ring (bicyclic) bond motifs is 3. The molecule has 1 N–H and O–H groups in total. The maximum atomic E-state index is 3.63. The van der Waals surface area contributed by atoms with Crippen molar-refractivity contribution < 1.29 is 0 Å². The molecule has 0 heterocycles. The third-order valence-electron chi connectivity index (χ3n) is 8.94. The third-order valence-corrected chi connectivity index (χ3v) is 8.94. The Kier molecular flexibility index (Phi) is 6.43. The molecule has 208 valence electrons. The highest BCUT2D eigenvalue weighted by atomic mass is 14.9. The van der Waals surface area contributed by atoms with E-state index >= 15 is 0 Å². The Bertz CT molecular complexity index is 2020. The van der Waals surface area contributed by atoms with Gasteiger partial charge in [-0.05, 0) is 86.0 Å². The second kappa shape index (κ2) is 10.9. The molecule has 1 nitrogen and oxygen atoms in total. The van der Waals surface area contributed by atoms with Crippen molar-refractivity contribution in [2.24, 2.45) is 0 Å². The summed E-state index contributed by atoms with van der Waals surface area (Å²) in [7, 11) is 0. The molecule has 0 saturated heterocycles. The first-order valence-corrected chi connectivity index (χ1v) is 15.2. The molecule has 1 heteroatoms. The second-order valence-corrected chi connectivity index (χ2v) is 11.4. The average Bonchev–Trinajstić information content (AvgIpc) is 3.40. The number of rotatable bonds is 6. The first-order valence-electron chi connectivity index (χ1n) is 15.2. The highest BCUT2D eigenvalue weighted by Crippen LogP contribution is 2.56. The van der Waals surface area contributed by atoms with Crippen LogP contribution in [0.1, 0.15) is 22.3 Å². The van der Waals surface area contributed by atoms with E-state index < -0.39 is 5.41 Å². The van der Waals surface area contributed by atoms with Gasteiger partial charge < -0.3 is 5.32 Å². The van der Waals surface area contributed by atoms with E-state index in [4.69, 9.17) is 0 Å². The number of anilines is 2. The van der Waals surface area contributed by atoms with Gasteiger partial charge in [0.1, 0.15) is 0 Å². The standard InChI is InChI=1S/C43H31N/c1-4-13-31(14-5-1)32-23-26-37(27-24-32)44-38-20-12-15-33(29-38)34-25-28-40-39-21-10-11-22-41(39)43(42(40)30-34,35-16-6-2-7-17-35)36-18-8-3-9-19-36/h1-30,44H. The maximum Gasteiger partial charge on any atom is 0.0713 e. The smallest absolute Gasteiger partial charge is 0.0713 e. The van der Waals surface area contributed by atoms with E-state index in [1.807, 2.05) is 0 Å². The molecule has 0 spiro atoms. The van der Waals surface area contributed by atoms with E-state index in [2.05, 4.69) is 187 Å². The Morgan fingerprint density at radius 3 is 1.55 bits per heavy atom. The predicted molar refractivity (Wildman–Crippen MR) is 184 cm³/mol. The van der Waals surface area contributed by atoms with Gasteiger partial charge in [0, 0.05) is 11.4 Å². The lowest BCUT2D eigenvalue weighted by atomic mass is 9.67. The molecule has 0 saturated carbocycles. The molecule has 1 aliphatic rings. The molecule has 7 aromatic rings. The van der Waals surface area contributed by atoms with E-state index in [9.17, 15) is 0 Å². The van der Waals surface area contributed by atoms with Crippen LogP contribution in [0.4, 0.5) is 11.4 Å². The fourth-order valence-electron chi connectivity index (χ4n) is 6.94. The number of hydrogen-bond acceptors (Lipinski definition) is 1. The van der Waals surface area contributed by atoms with E-state index in [1.165, 1.54) is 55.6 Å². The lowest BCUT2D eigenvalue weighted by Crippen LogP contribution is -2.28. The van der Waals surface area contributed by atoms with Crippen molar-refractivity contribution in [1.82, 2.24) is 0 Å². The Morgan fingerprint density at radius 1 is 0.318 bits per heavy atom. The first-order chi connectivity index (χ1) is 21.8. The molecule has 0 radical (unpaired) electrons. The predicted octanol–water partition coefficient (Wildman–Crippen LogP) is 11.1. The van der Waals surface area contributed by atoms with Crippen LogP contribution in [-0.4, -0.2) is 0 Å². The molecule has 0 aliphatic heterocycles. The van der Waals surface area contributed by atoms with E-state index in [0.29, 0.717) is 0 Å². The minimum Gasteiger partial charge on any atom is -0.356 e. The van der Waals surface area contributed by atoms with Gasteiger partial charge in [0.2, 0.25) is 0 Å². The fraction of sp³-hybridized carbons (Fsp3) is 0.0233. The lowest BCUT2D eigenvalue weighted by molar-refractivity contribution is 0.769. The summed E-state index contributed by atoms with van der Waals surface area (Å²) in [6.07, 6.45) is 0. The SMILES string of the molecule is c1ccc(-c2ccc(Nc3cccc(-c4ccc5c(c4)C(c4ccccc4)(c4ccccc4)c4ccccc4-5)c3)cc2)cc1. The molecule has 0 fully saturated rings. The largest absolute Gasteiger partial charge is 0.356 e. The molecule has 0 amide bonds. The Morgan fingerprint density at radius 2 is 0.841 bits per heavy atom. The maximum absolute atomic E-state index is 3.63. The van der Waals surface area contributed by atoms with Crippen molar-refractivity contribution in [1.29, 1.82) is 0 Å². The van der Waals surface area contributed by atoms with Gasteiger partial charge in [-0.15, -0.1) is 0 Å². The summed E-state index contributed by atoms with van der Waals surface area (Å²) >= 11 is 0. The number of benzene rings is 7. The normalized spacial score (nSPS) is 12.7. The summed E-state index contributed by atoms with van der Waals surface area (Å²) in [5.41, 5.74) is 14.4. The molecular weight excluding hydrogens is 530 g/mol. The Labute approximate surface area is 259 Å². The van der Waals surface area contributed by atoms with Crippen molar-refractivity contribution >= 4 is 11.4 Å². The van der Waals surface area contributed by atoms with Crippen molar-refractivity contribution in [3.05, 3.63) is 204 Å². The summed E-state index contributed by atoms with van der Waals surface area (Å²) in [6.45, 7) is 0. The van der Waals surface area contributed by atoms with E-state index in [1.54, 1.807) is 0 Å². The summed E-state index contributed by atoms with van der Waals surface area (Å²) in [6, 6.07) is 65.7. The summed E-state index contributed by atoms with van der Waals surface area (Å²) in [5.74, 6) is 0. The van der Waals surface area contributed by atoms with Gasteiger partial charge in [-0.3, -0.25) is 0 Å². The topological polar surface area (TPSA) is 12.0 Å². The molecule has 0 aromatic heterocycles. The van der Waals surface area contributed by atoms with Crippen LogP contribution in [0.25, 0.3) is 33.4 Å². The zero-order valence-electron chi connectivity index (χ0n) is 24.3. The van der Waals surface area contributed by atoms with Crippen LogP contribution in [0.5, 0.6) is 0 Å². The zero-order valence-corrected chi connectivity index (χ0v) is 24.3. The molecule has 44 heavy (non-hydrogen) atoms. The molecule has 0 bridgehead atoms. The van der Waals surface area contributed by atoms with Gasteiger partial charge in [-0.25, -0.2) is 0 Å².